The second-order valence-electron chi connectivity index (χ2n) is 4.27. The van der Waals surface area contributed by atoms with E-state index in [2.05, 4.69) is 36.4 Å². The van der Waals surface area contributed by atoms with Crippen molar-refractivity contribution in [2.75, 3.05) is 0 Å². The van der Waals surface area contributed by atoms with Crippen molar-refractivity contribution in [3.05, 3.63) is 65.7 Å². The minimum absolute atomic E-state index is 0.335. The lowest BCUT2D eigenvalue weighted by Gasteiger charge is -2.08. The molecule has 2 heteroatoms. The van der Waals surface area contributed by atoms with Crippen LogP contribution in [0.15, 0.2) is 59.5 Å². The van der Waals surface area contributed by atoms with Gasteiger partial charge in [-0.2, -0.15) is 0 Å². The van der Waals surface area contributed by atoms with E-state index < -0.39 is 0 Å². The highest BCUT2D eigenvalue weighted by Crippen LogP contribution is 2.25. The number of aliphatic hydroxyl groups excluding tert-OH is 1. The largest absolute Gasteiger partial charge is 0.388 e. The summed E-state index contributed by atoms with van der Waals surface area (Å²) in [4.78, 5) is 1.24. The summed E-state index contributed by atoms with van der Waals surface area (Å²) in [6, 6.07) is 18.7. The highest BCUT2D eigenvalue weighted by Gasteiger charge is 2.04. The summed E-state index contributed by atoms with van der Waals surface area (Å²) < 4.78 is 0. The minimum Gasteiger partial charge on any atom is -0.388 e. The van der Waals surface area contributed by atoms with Gasteiger partial charge >= 0.3 is 0 Å². The Kier molecular flexibility index (Phi) is 4.85. The predicted octanol–water partition coefficient (Wildman–Crippen LogP) is 4.42. The third-order valence-electron chi connectivity index (χ3n) is 2.90. The molecule has 0 aromatic heterocycles. The van der Waals surface area contributed by atoms with Crippen molar-refractivity contribution in [3.63, 3.8) is 0 Å². The predicted molar refractivity (Wildman–Crippen MR) is 77.7 cm³/mol. The SMILES string of the molecule is CCC(O)c1ccc(SCc2ccccc2)cc1. The Morgan fingerprint density at radius 1 is 1.00 bits per heavy atom. The molecule has 94 valence electrons. The van der Waals surface area contributed by atoms with E-state index >= 15 is 0 Å². The summed E-state index contributed by atoms with van der Waals surface area (Å²) in [5, 5.41) is 9.72. The molecular formula is C16H18OS. The van der Waals surface area contributed by atoms with Crippen LogP contribution in [-0.4, -0.2) is 5.11 Å². The smallest absolute Gasteiger partial charge is 0.0787 e. The van der Waals surface area contributed by atoms with Gasteiger partial charge in [0.15, 0.2) is 0 Å². The van der Waals surface area contributed by atoms with Gasteiger partial charge in [0.2, 0.25) is 0 Å². The molecule has 0 heterocycles. The molecule has 2 rings (SSSR count). The maximum Gasteiger partial charge on any atom is 0.0787 e. The number of hydrogen-bond acceptors (Lipinski definition) is 2. The van der Waals surface area contributed by atoms with Crippen LogP contribution < -0.4 is 0 Å². The molecule has 0 aliphatic heterocycles. The molecule has 18 heavy (non-hydrogen) atoms. The normalized spacial score (nSPS) is 12.3. The fourth-order valence-corrected chi connectivity index (χ4v) is 2.62. The molecule has 1 atom stereocenters. The van der Waals surface area contributed by atoms with E-state index in [4.69, 9.17) is 0 Å². The zero-order valence-corrected chi connectivity index (χ0v) is 11.4. The summed E-state index contributed by atoms with van der Waals surface area (Å²) in [5.74, 6) is 0.983. The van der Waals surface area contributed by atoms with Crippen LogP contribution in [0, 0.1) is 0 Å². The Bertz CT molecular complexity index is 464. The molecule has 0 amide bonds. The zero-order valence-electron chi connectivity index (χ0n) is 10.5. The van der Waals surface area contributed by atoms with Crippen molar-refractivity contribution in [1.29, 1.82) is 0 Å². The van der Waals surface area contributed by atoms with Crippen molar-refractivity contribution in [2.45, 2.75) is 30.1 Å². The topological polar surface area (TPSA) is 20.2 Å². The average molecular weight is 258 g/mol. The quantitative estimate of drug-likeness (QED) is 0.801. The molecule has 2 aromatic carbocycles. The van der Waals surface area contributed by atoms with Crippen LogP contribution in [-0.2, 0) is 5.75 Å². The van der Waals surface area contributed by atoms with E-state index in [1.165, 1.54) is 10.5 Å². The van der Waals surface area contributed by atoms with Crippen LogP contribution in [0.1, 0.15) is 30.6 Å². The van der Waals surface area contributed by atoms with Gasteiger partial charge in [0.25, 0.3) is 0 Å². The highest BCUT2D eigenvalue weighted by molar-refractivity contribution is 7.98. The van der Waals surface area contributed by atoms with Gasteiger partial charge in [0.05, 0.1) is 6.10 Å². The Morgan fingerprint density at radius 2 is 1.67 bits per heavy atom. The molecule has 0 saturated heterocycles. The molecule has 1 unspecified atom stereocenters. The standard InChI is InChI=1S/C16H18OS/c1-2-16(17)14-8-10-15(11-9-14)18-12-13-6-4-3-5-7-13/h3-11,16-17H,2,12H2,1H3. The van der Waals surface area contributed by atoms with Gasteiger partial charge in [-0.15, -0.1) is 11.8 Å². The first-order chi connectivity index (χ1) is 8.79. The van der Waals surface area contributed by atoms with E-state index in [1.54, 1.807) is 0 Å². The van der Waals surface area contributed by atoms with Gasteiger partial charge in [0, 0.05) is 10.6 Å². The van der Waals surface area contributed by atoms with Crippen LogP contribution in [0.2, 0.25) is 0 Å². The molecule has 0 saturated carbocycles. The van der Waals surface area contributed by atoms with Gasteiger partial charge < -0.3 is 5.11 Å². The number of aliphatic hydroxyl groups is 1. The second kappa shape index (κ2) is 6.62. The van der Waals surface area contributed by atoms with Gasteiger partial charge in [-0.1, -0.05) is 49.4 Å². The lowest BCUT2D eigenvalue weighted by molar-refractivity contribution is 0.173. The number of benzene rings is 2. The lowest BCUT2D eigenvalue weighted by Crippen LogP contribution is -1.94. The molecule has 0 spiro atoms. The summed E-state index contributed by atoms with van der Waals surface area (Å²) in [7, 11) is 0. The summed E-state index contributed by atoms with van der Waals surface area (Å²) >= 11 is 1.82. The Balaban J connectivity index is 1.94. The maximum atomic E-state index is 9.72. The van der Waals surface area contributed by atoms with E-state index in [9.17, 15) is 5.11 Å². The summed E-state index contributed by atoms with van der Waals surface area (Å²) in [5.41, 5.74) is 2.33. The molecule has 0 bridgehead atoms. The first-order valence-electron chi connectivity index (χ1n) is 6.24. The van der Waals surface area contributed by atoms with E-state index in [-0.39, 0.29) is 6.10 Å². The molecule has 2 aromatic rings. The fourth-order valence-electron chi connectivity index (χ4n) is 1.76. The first-order valence-corrected chi connectivity index (χ1v) is 7.23. The molecule has 1 nitrogen and oxygen atoms in total. The van der Waals surface area contributed by atoms with E-state index in [0.29, 0.717) is 0 Å². The van der Waals surface area contributed by atoms with Crippen molar-refractivity contribution in [3.8, 4) is 0 Å². The van der Waals surface area contributed by atoms with Crippen LogP contribution >= 0.6 is 11.8 Å². The molecule has 0 radical (unpaired) electrons. The Morgan fingerprint density at radius 3 is 2.28 bits per heavy atom. The van der Waals surface area contributed by atoms with Gasteiger partial charge in [-0.25, -0.2) is 0 Å². The second-order valence-corrected chi connectivity index (χ2v) is 5.32. The Hall–Kier alpha value is -1.25. The van der Waals surface area contributed by atoms with E-state index in [1.807, 2.05) is 36.9 Å². The molecule has 0 aliphatic rings. The fraction of sp³-hybridized carbons (Fsp3) is 0.250. The summed E-state index contributed by atoms with van der Waals surface area (Å²) in [6.45, 7) is 1.99. The van der Waals surface area contributed by atoms with E-state index in [0.717, 1.165) is 17.7 Å². The van der Waals surface area contributed by atoms with Crippen molar-refractivity contribution in [2.24, 2.45) is 0 Å². The van der Waals surface area contributed by atoms with Crippen molar-refractivity contribution < 1.29 is 5.11 Å². The average Bonchev–Trinajstić information content (AvgIpc) is 2.46. The third-order valence-corrected chi connectivity index (χ3v) is 3.98. The lowest BCUT2D eigenvalue weighted by atomic mass is 10.1. The molecule has 1 N–H and O–H groups in total. The van der Waals surface area contributed by atoms with Gasteiger partial charge in [-0.05, 0) is 29.7 Å². The number of rotatable bonds is 5. The monoisotopic (exact) mass is 258 g/mol. The van der Waals surface area contributed by atoms with Crippen LogP contribution in [0.25, 0.3) is 0 Å². The van der Waals surface area contributed by atoms with Crippen molar-refractivity contribution in [1.82, 2.24) is 0 Å². The van der Waals surface area contributed by atoms with Crippen LogP contribution in [0.5, 0.6) is 0 Å². The van der Waals surface area contributed by atoms with Gasteiger partial charge in [-0.3, -0.25) is 0 Å². The Labute approximate surface area is 113 Å². The molecular weight excluding hydrogens is 240 g/mol. The van der Waals surface area contributed by atoms with Crippen LogP contribution in [0.4, 0.5) is 0 Å². The third kappa shape index (κ3) is 3.62. The summed E-state index contributed by atoms with van der Waals surface area (Å²) in [6.07, 6.45) is 0.425. The molecule has 0 fully saturated rings. The zero-order chi connectivity index (χ0) is 12.8. The van der Waals surface area contributed by atoms with Crippen molar-refractivity contribution >= 4 is 11.8 Å². The first kappa shape index (κ1) is 13.2. The highest BCUT2D eigenvalue weighted by atomic mass is 32.2. The van der Waals surface area contributed by atoms with Crippen LogP contribution in [0.3, 0.4) is 0 Å². The molecule has 0 aliphatic carbocycles. The van der Waals surface area contributed by atoms with Gasteiger partial charge in [0.1, 0.15) is 0 Å². The minimum atomic E-state index is -0.335. The number of hydrogen-bond donors (Lipinski definition) is 1. The maximum absolute atomic E-state index is 9.72. The number of thioether (sulfide) groups is 1.